The minimum absolute atomic E-state index is 0.0720. The Balaban J connectivity index is 1.76. The van der Waals surface area contributed by atoms with Crippen molar-refractivity contribution in [1.82, 2.24) is 4.90 Å². The van der Waals surface area contributed by atoms with Gasteiger partial charge in [0.15, 0.2) is 11.6 Å². The lowest BCUT2D eigenvalue weighted by Gasteiger charge is -2.17. The third-order valence-electron chi connectivity index (χ3n) is 4.13. The topological polar surface area (TPSA) is 116 Å². The molecule has 27 heavy (non-hydrogen) atoms. The number of nitrogens with zero attached hydrogens (tertiary/aromatic N) is 3. The van der Waals surface area contributed by atoms with E-state index >= 15 is 0 Å². The Bertz CT molecular complexity index is 887. The maximum atomic E-state index is 13.7. The summed E-state index contributed by atoms with van der Waals surface area (Å²) in [5.74, 6) is -1.03. The van der Waals surface area contributed by atoms with Crippen molar-refractivity contribution in [2.24, 2.45) is 0 Å². The van der Waals surface area contributed by atoms with Crippen LogP contribution in [0.5, 0.6) is 5.75 Å². The summed E-state index contributed by atoms with van der Waals surface area (Å²) in [7, 11) is 0. The van der Waals surface area contributed by atoms with E-state index in [4.69, 9.17) is 4.74 Å². The summed E-state index contributed by atoms with van der Waals surface area (Å²) in [5, 5.41) is 21.9. The Labute approximate surface area is 152 Å². The van der Waals surface area contributed by atoms with Crippen molar-refractivity contribution in [3.05, 3.63) is 74.1 Å². The van der Waals surface area contributed by atoms with Crippen LogP contribution in [-0.4, -0.2) is 39.8 Å². The van der Waals surface area contributed by atoms with Gasteiger partial charge < -0.3 is 9.64 Å². The molecule has 1 fully saturated rings. The first-order valence-corrected chi connectivity index (χ1v) is 7.99. The fourth-order valence-corrected chi connectivity index (χ4v) is 2.84. The van der Waals surface area contributed by atoms with Gasteiger partial charge >= 0.3 is 0 Å². The highest BCUT2D eigenvalue weighted by molar-refractivity contribution is 5.95. The molecule has 3 rings (SSSR count). The molecule has 0 unspecified atom stereocenters. The van der Waals surface area contributed by atoms with Crippen molar-refractivity contribution in [3.63, 3.8) is 0 Å². The number of para-hydroxylation sites is 1. The number of nitro benzene ring substituents is 2. The Kier molecular flexibility index (Phi) is 4.97. The summed E-state index contributed by atoms with van der Waals surface area (Å²) >= 11 is 0. The number of halogens is 1. The van der Waals surface area contributed by atoms with Crippen LogP contribution in [0.15, 0.2) is 42.5 Å². The van der Waals surface area contributed by atoms with Crippen LogP contribution in [0.2, 0.25) is 0 Å². The van der Waals surface area contributed by atoms with Gasteiger partial charge in [-0.25, -0.2) is 4.39 Å². The largest absolute Gasteiger partial charge is 0.485 e. The van der Waals surface area contributed by atoms with E-state index in [1.165, 1.54) is 23.1 Å². The second-order valence-electron chi connectivity index (χ2n) is 5.96. The smallest absolute Gasteiger partial charge is 0.277 e. The van der Waals surface area contributed by atoms with Crippen LogP contribution in [-0.2, 0) is 0 Å². The van der Waals surface area contributed by atoms with Crippen LogP contribution < -0.4 is 4.74 Å². The maximum absolute atomic E-state index is 13.7. The fraction of sp³-hybridized carbons (Fsp3) is 0.235. The third-order valence-corrected chi connectivity index (χ3v) is 4.13. The molecule has 0 saturated carbocycles. The van der Waals surface area contributed by atoms with Crippen LogP contribution in [0.3, 0.4) is 0 Å². The van der Waals surface area contributed by atoms with Crippen LogP contribution in [0.25, 0.3) is 0 Å². The number of ether oxygens (including phenoxy) is 1. The fourth-order valence-electron chi connectivity index (χ4n) is 2.84. The first kappa shape index (κ1) is 18.2. The SMILES string of the molecule is O=C(c1cc([N+](=O)[O-])cc([N+](=O)[O-])c1)N1CC[C@@H](Oc2ccccc2F)C1. The van der Waals surface area contributed by atoms with Gasteiger partial charge in [0.2, 0.25) is 0 Å². The van der Waals surface area contributed by atoms with Gasteiger partial charge in [0, 0.05) is 25.1 Å². The van der Waals surface area contributed by atoms with E-state index < -0.39 is 39.0 Å². The lowest BCUT2D eigenvalue weighted by Crippen LogP contribution is -2.31. The number of benzene rings is 2. The highest BCUT2D eigenvalue weighted by Crippen LogP contribution is 2.26. The summed E-state index contributed by atoms with van der Waals surface area (Å²) in [5.41, 5.74) is -1.22. The molecule has 1 atom stereocenters. The van der Waals surface area contributed by atoms with Gasteiger partial charge in [0.25, 0.3) is 17.3 Å². The number of carbonyl (C=O) groups is 1. The molecule has 0 N–H and O–H groups in total. The molecule has 10 heteroatoms. The molecule has 1 saturated heterocycles. The molecule has 1 amide bonds. The highest BCUT2D eigenvalue weighted by atomic mass is 19.1. The van der Waals surface area contributed by atoms with Crippen molar-refractivity contribution in [2.45, 2.75) is 12.5 Å². The van der Waals surface area contributed by atoms with E-state index in [1.54, 1.807) is 6.07 Å². The zero-order valence-corrected chi connectivity index (χ0v) is 13.9. The van der Waals surface area contributed by atoms with Crippen molar-refractivity contribution >= 4 is 17.3 Å². The number of rotatable bonds is 5. The van der Waals surface area contributed by atoms with E-state index in [1.807, 2.05) is 0 Å². The molecule has 2 aromatic carbocycles. The van der Waals surface area contributed by atoms with E-state index in [-0.39, 0.29) is 24.4 Å². The molecule has 1 heterocycles. The number of amides is 1. The Morgan fingerprint density at radius 3 is 2.33 bits per heavy atom. The van der Waals surface area contributed by atoms with Crippen LogP contribution in [0.1, 0.15) is 16.8 Å². The molecule has 0 bridgehead atoms. The molecule has 140 valence electrons. The van der Waals surface area contributed by atoms with E-state index in [0.717, 1.165) is 18.2 Å². The van der Waals surface area contributed by atoms with Crippen LogP contribution >= 0.6 is 0 Å². The van der Waals surface area contributed by atoms with Crippen molar-refractivity contribution in [1.29, 1.82) is 0 Å². The van der Waals surface area contributed by atoms with Crippen molar-refractivity contribution in [3.8, 4) is 5.75 Å². The lowest BCUT2D eigenvalue weighted by atomic mass is 10.1. The average Bonchev–Trinajstić information content (AvgIpc) is 3.11. The van der Waals surface area contributed by atoms with E-state index in [0.29, 0.717) is 6.42 Å². The quantitative estimate of drug-likeness (QED) is 0.586. The predicted octanol–water partition coefficient (Wildman–Crippen LogP) is 2.94. The molecular weight excluding hydrogens is 361 g/mol. The number of hydrogen-bond donors (Lipinski definition) is 0. The Hall–Kier alpha value is -3.56. The molecular formula is C17H14FN3O6. The number of non-ortho nitro benzene ring substituents is 2. The van der Waals surface area contributed by atoms with E-state index in [9.17, 15) is 29.4 Å². The first-order chi connectivity index (χ1) is 12.8. The van der Waals surface area contributed by atoms with Crippen molar-refractivity contribution in [2.75, 3.05) is 13.1 Å². The first-order valence-electron chi connectivity index (χ1n) is 7.99. The lowest BCUT2D eigenvalue weighted by molar-refractivity contribution is -0.394. The predicted molar refractivity (Wildman–Crippen MR) is 91.1 cm³/mol. The van der Waals surface area contributed by atoms with Gasteiger partial charge in [0.05, 0.1) is 28.0 Å². The zero-order chi connectivity index (χ0) is 19.6. The summed E-state index contributed by atoms with van der Waals surface area (Å²) in [4.78, 5) is 34.3. The zero-order valence-electron chi connectivity index (χ0n) is 13.9. The molecule has 1 aliphatic heterocycles. The highest BCUT2D eigenvalue weighted by Gasteiger charge is 2.30. The second kappa shape index (κ2) is 7.36. The molecule has 0 aliphatic carbocycles. The minimum Gasteiger partial charge on any atom is -0.485 e. The summed E-state index contributed by atoms with van der Waals surface area (Å²) < 4.78 is 19.2. The van der Waals surface area contributed by atoms with Gasteiger partial charge in [-0.2, -0.15) is 0 Å². The number of hydrogen-bond acceptors (Lipinski definition) is 6. The van der Waals surface area contributed by atoms with Gasteiger partial charge in [-0.15, -0.1) is 0 Å². The van der Waals surface area contributed by atoms with Gasteiger partial charge in [-0.3, -0.25) is 25.0 Å². The monoisotopic (exact) mass is 375 g/mol. The molecule has 1 aliphatic rings. The van der Waals surface area contributed by atoms with Crippen molar-refractivity contribution < 1.29 is 23.8 Å². The molecule has 2 aromatic rings. The standard InChI is InChI=1S/C17H14FN3O6/c18-15-3-1-2-4-16(15)27-14-5-6-19(10-14)17(22)11-7-12(20(23)24)9-13(8-11)21(25)26/h1-4,7-9,14H,5-6,10H2/t14-/m1/s1. The van der Waals surface area contributed by atoms with Crippen LogP contribution in [0.4, 0.5) is 15.8 Å². The number of carbonyl (C=O) groups excluding carboxylic acids is 1. The normalized spacial score (nSPS) is 16.2. The van der Waals surface area contributed by atoms with Gasteiger partial charge in [-0.1, -0.05) is 12.1 Å². The molecule has 0 radical (unpaired) electrons. The summed E-state index contributed by atoms with van der Waals surface area (Å²) in [6.45, 7) is 0.429. The number of nitro groups is 2. The molecule has 0 spiro atoms. The maximum Gasteiger partial charge on any atom is 0.277 e. The third kappa shape index (κ3) is 4.00. The van der Waals surface area contributed by atoms with Gasteiger partial charge in [-0.05, 0) is 12.1 Å². The van der Waals surface area contributed by atoms with Crippen LogP contribution in [0, 0.1) is 26.0 Å². The molecule has 9 nitrogen and oxygen atoms in total. The molecule has 0 aromatic heterocycles. The van der Waals surface area contributed by atoms with E-state index in [2.05, 4.69) is 0 Å². The Morgan fingerprint density at radius 1 is 1.11 bits per heavy atom. The summed E-state index contributed by atoms with van der Waals surface area (Å²) in [6, 6.07) is 8.69. The second-order valence-corrected chi connectivity index (χ2v) is 5.96. The minimum atomic E-state index is -0.794. The van der Waals surface area contributed by atoms with Gasteiger partial charge in [0.1, 0.15) is 6.10 Å². The average molecular weight is 375 g/mol. The summed E-state index contributed by atoms with van der Waals surface area (Å²) in [6.07, 6.45) is -0.00331. The Morgan fingerprint density at radius 2 is 1.74 bits per heavy atom. The number of likely N-dealkylation sites (tertiary alicyclic amines) is 1.